The summed E-state index contributed by atoms with van der Waals surface area (Å²) in [5.74, 6) is -0.802. The SMILES string of the molecule is CC(C)(C)c1cccc(NC(=O)C(C)(C)S(=O)(=O)c2ccc(C(F)(F)F)nc2)c1. The van der Waals surface area contributed by atoms with E-state index >= 15 is 0 Å². The van der Waals surface area contributed by atoms with E-state index < -0.39 is 37.3 Å². The van der Waals surface area contributed by atoms with Crippen LogP contribution in [-0.4, -0.2) is 24.1 Å². The van der Waals surface area contributed by atoms with E-state index in [9.17, 15) is 26.4 Å². The minimum absolute atomic E-state index is 0.172. The highest BCUT2D eigenvalue weighted by molar-refractivity contribution is 7.93. The Kier molecular flexibility index (Phi) is 5.87. The number of nitrogens with zero attached hydrogens (tertiary/aromatic N) is 1. The molecule has 1 heterocycles. The molecule has 29 heavy (non-hydrogen) atoms. The van der Waals surface area contributed by atoms with Crippen molar-refractivity contribution in [3.63, 3.8) is 0 Å². The maximum absolute atomic E-state index is 12.9. The Hall–Kier alpha value is -2.42. The first-order valence-electron chi connectivity index (χ1n) is 8.77. The molecule has 9 heteroatoms. The van der Waals surface area contributed by atoms with Gasteiger partial charge in [0.15, 0.2) is 9.84 Å². The van der Waals surface area contributed by atoms with E-state index in [0.29, 0.717) is 18.0 Å². The molecule has 5 nitrogen and oxygen atoms in total. The number of sulfone groups is 1. The standard InChI is InChI=1S/C20H23F3N2O3S/c1-18(2,3)13-7-6-8-14(11-13)25-17(26)19(4,5)29(27,28)15-9-10-16(24-12-15)20(21,22)23/h6-12H,1-5H3,(H,25,26). The molecule has 0 bridgehead atoms. The lowest BCUT2D eigenvalue weighted by atomic mass is 9.87. The summed E-state index contributed by atoms with van der Waals surface area (Å²) < 4.78 is 61.8. The van der Waals surface area contributed by atoms with Gasteiger partial charge in [0.2, 0.25) is 5.91 Å². The maximum atomic E-state index is 12.9. The topological polar surface area (TPSA) is 76.1 Å². The Morgan fingerprint density at radius 1 is 1.00 bits per heavy atom. The number of carbonyl (C=O) groups excluding carboxylic acids is 1. The Balaban J connectivity index is 2.32. The van der Waals surface area contributed by atoms with Crippen LogP contribution in [0.1, 0.15) is 45.9 Å². The third-order valence-electron chi connectivity index (χ3n) is 4.54. The number of halogens is 3. The molecule has 0 aliphatic rings. The minimum Gasteiger partial charge on any atom is -0.325 e. The van der Waals surface area contributed by atoms with E-state index in [1.54, 1.807) is 18.2 Å². The van der Waals surface area contributed by atoms with E-state index in [-0.39, 0.29) is 5.41 Å². The minimum atomic E-state index is -4.69. The first kappa shape index (κ1) is 22.9. The molecule has 158 valence electrons. The zero-order valence-corrected chi connectivity index (χ0v) is 17.6. The van der Waals surface area contributed by atoms with Crippen molar-refractivity contribution >= 4 is 21.4 Å². The van der Waals surface area contributed by atoms with Gasteiger partial charge in [0, 0.05) is 11.9 Å². The van der Waals surface area contributed by atoms with Gasteiger partial charge in [0.25, 0.3) is 0 Å². The monoisotopic (exact) mass is 428 g/mol. The van der Waals surface area contributed by atoms with Crippen molar-refractivity contribution in [2.24, 2.45) is 0 Å². The lowest BCUT2D eigenvalue weighted by Crippen LogP contribution is -2.44. The number of benzene rings is 1. The predicted octanol–water partition coefficient (Wildman–Crippen LogP) is 4.59. The van der Waals surface area contributed by atoms with E-state index in [1.165, 1.54) is 13.8 Å². The molecule has 0 spiro atoms. The van der Waals surface area contributed by atoms with Gasteiger partial charge in [0.1, 0.15) is 10.4 Å². The highest BCUT2D eigenvalue weighted by atomic mass is 32.2. The molecule has 2 aromatic rings. The number of nitrogens with one attached hydrogen (secondary N) is 1. The van der Waals surface area contributed by atoms with Crippen LogP contribution < -0.4 is 5.32 Å². The summed E-state index contributed by atoms with van der Waals surface area (Å²) >= 11 is 0. The molecule has 1 aromatic heterocycles. The fourth-order valence-corrected chi connectivity index (χ4v) is 3.79. The van der Waals surface area contributed by atoms with Crippen LogP contribution in [0.4, 0.5) is 18.9 Å². The summed E-state index contributed by atoms with van der Waals surface area (Å²) in [5.41, 5.74) is -0.00864. The van der Waals surface area contributed by atoms with Crippen LogP contribution in [0, 0.1) is 0 Å². The van der Waals surface area contributed by atoms with Gasteiger partial charge in [-0.25, -0.2) is 8.42 Å². The van der Waals surface area contributed by atoms with Gasteiger partial charge in [-0.3, -0.25) is 9.78 Å². The summed E-state index contributed by atoms with van der Waals surface area (Å²) in [7, 11) is -4.30. The van der Waals surface area contributed by atoms with Gasteiger partial charge in [-0.05, 0) is 49.1 Å². The van der Waals surface area contributed by atoms with Gasteiger partial charge in [-0.15, -0.1) is 0 Å². The fraction of sp³-hybridized carbons (Fsp3) is 0.400. The number of carbonyl (C=O) groups is 1. The van der Waals surface area contributed by atoms with Gasteiger partial charge in [-0.2, -0.15) is 13.2 Å². The van der Waals surface area contributed by atoms with Crippen molar-refractivity contribution < 1.29 is 26.4 Å². The zero-order chi connectivity index (χ0) is 22.3. The van der Waals surface area contributed by atoms with E-state index in [2.05, 4.69) is 10.3 Å². The predicted molar refractivity (Wildman–Crippen MR) is 104 cm³/mol. The second kappa shape index (κ2) is 7.44. The average molecular weight is 428 g/mol. The molecule has 0 saturated heterocycles. The third-order valence-corrected chi connectivity index (χ3v) is 6.93. The van der Waals surface area contributed by atoms with Crippen LogP contribution in [0.5, 0.6) is 0 Å². The molecule has 1 aromatic carbocycles. The molecule has 0 atom stereocenters. The summed E-state index contributed by atoms with van der Waals surface area (Å²) in [6, 6.07) is 8.41. The second-order valence-corrected chi connectivity index (χ2v) is 10.7. The highest BCUT2D eigenvalue weighted by Gasteiger charge is 2.43. The number of amides is 1. The second-order valence-electron chi connectivity index (χ2n) is 8.18. The third kappa shape index (κ3) is 4.77. The number of pyridine rings is 1. The lowest BCUT2D eigenvalue weighted by molar-refractivity contribution is -0.141. The highest BCUT2D eigenvalue weighted by Crippen LogP contribution is 2.31. The largest absolute Gasteiger partial charge is 0.433 e. The Morgan fingerprint density at radius 2 is 1.62 bits per heavy atom. The number of hydrogen-bond donors (Lipinski definition) is 1. The first-order chi connectivity index (χ1) is 13.1. The van der Waals surface area contributed by atoms with E-state index in [4.69, 9.17) is 0 Å². The molecule has 0 radical (unpaired) electrons. The van der Waals surface area contributed by atoms with Crippen molar-refractivity contribution in [2.45, 2.75) is 55.9 Å². The quantitative estimate of drug-likeness (QED) is 0.773. The molecule has 0 aliphatic heterocycles. The Labute approximate surface area is 168 Å². The molecule has 0 fully saturated rings. The summed E-state index contributed by atoms with van der Waals surface area (Å²) in [5, 5.41) is 2.59. The lowest BCUT2D eigenvalue weighted by Gasteiger charge is -2.25. The van der Waals surface area contributed by atoms with Crippen LogP contribution in [0.25, 0.3) is 0 Å². The van der Waals surface area contributed by atoms with Crippen molar-refractivity contribution in [2.75, 3.05) is 5.32 Å². The van der Waals surface area contributed by atoms with Gasteiger partial charge in [0.05, 0.1) is 4.90 Å². The van der Waals surface area contributed by atoms with Crippen LogP contribution in [0.15, 0.2) is 47.5 Å². The molecular weight excluding hydrogens is 405 g/mol. The van der Waals surface area contributed by atoms with Crippen LogP contribution in [0.3, 0.4) is 0 Å². The fourth-order valence-electron chi connectivity index (χ4n) is 2.47. The molecule has 1 N–H and O–H groups in total. The van der Waals surface area contributed by atoms with E-state index in [1.807, 2.05) is 26.8 Å². The van der Waals surface area contributed by atoms with Gasteiger partial charge in [-0.1, -0.05) is 32.9 Å². The summed E-state index contributed by atoms with van der Waals surface area (Å²) in [6.07, 6.45) is -4.07. The summed E-state index contributed by atoms with van der Waals surface area (Å²) in [4.78, 5) is 15.5. The molecular formula is C20H23F3N2O3S. The first-order valence-corrected chi connectivity index (χ1v) is 10.2. The van der Waals surface area contributed by atoms with E-state index in [0.717, 1.165) is 11.6 Å². The number of alkyl halides is 3. The number of aromatic nitrogens is 1. The van der Waals surface area contributed by atoms with Crippen LogP contribution in [-0.2, 0) is 26.2 Å². The van der Waals surface area contributed by atoms with Crippen LogP contribution in [0.2, 0.25) is 0 Å². The smallest absolute Gasteiger partial charge is 0.325 e. The number of rotatable bonds is 4. The maximum Gasteiger partial charge on any atom is 0.433 e. The van der Waals surface area contributed by atoms with Crippen molar-refractivity contribution in [1.29, 1.82) is 0 Å². The number of hydrogen-bond acceptors (Lipinski definition) is 4. The Morgan fingerprint density at radius 3 is 2.10 bits per heavy atom. The molecule has 0 unspecified atom stereocenters. The Bertz CT molecular complexity index is 1010. The summed E-state index contributed by atoms with van der Waals surface area (Å²) in [6.45, 7) is 8.39. The van der Waals surface area contributed by atoms with Gasteiger partial charge >= 0.3 is 6.18 Å². The average Bonchev–Trinajstić information content (AvgIpc) is 2.60. The normalized spacial score (nSPS) is 13.2. The molecule has 2 rings (SSSR count). The van der Waals surface area contributed by atoms with Crippen molar-refractivity contribution in [1.82, 2.24) is 4.98 Å². The van der Waals surface area contributed by atoms with Crippen LogP contribution >= 0.6 is 0 Å². The number of anilines is 1. The molecule has 1 amide bonds. The van der Waals surface area contributed by atoms with Crippen molar-refractivity contribution in [3.8, 4) is 0 Å². The molecule has 0 saturated carbocycles. The van der Waals surface area contributed by atoms with Gasteiger partial charge < -0.3 is 5.32 Å². The van der Waals surface area contributed by atoms with Crippen molar-refractivity contribution in [3.05, 3.63) is 53.9 Å². The zero-order valence-electron chi connectivity index (χ0n) is 16.8. The molecule has 0 aliphatic carbocycles.